The number of halogens is 1. The van der Waals surface area contributed by atoms with E-state index in [2.05, 4.69) is 0 Å². The quantitative estimate of drug-likeness (QED) is 0.908. The van der Waals surface area contributed by atoms with Crippen molar-refractivity contribution in [3.05, 3.63) is 53.7 Å². The maximum Gasteiger partial charge on any atom is 0.257 e. The zero-order valence-electron chi connectivity index (χ0n) is 9.76. The highest BCUT2D eigenvalue weighted by Crippen LogP contribution is 2.20. The van der Waals surface area contributed by atoms with Crippen molar-refractivity contribution in [1.82, 2.24) is 4.90 Å². The smallest absolute Gasteiger partial charge is 0.257 e. The van der Waals surface area contributed by atoms with Gasteiger partial charge >= 0.3 is 0 Å². The molecule has 4 nitrogen and oxygen atoms in total. The molecule has 0 radical (unpaired) electrons. The molecule has 2 rings (SSSR count). The van der Waals surface area contributed by atoms with Crippen molar-refractivity contribution in [2.24, 2.45) is 0 Å². The van der Waals surface area contributed by atoms with E-state index in [1.807, 2.05) is 0 Å². The Morgan fingerprint density at radius 1 is 1.44 bits per heavy atom. The van der Waals surface area contributed by atoms with Crippen LogP contribution in [0.3, 0.4) is 0 Å². The molecular weight excluding hydrogens is 237 g/mol. The van der Waals surface area contributed by atoms with Gasteiger partial charge in [0.2, 0.25) is 0 Å². The number of nitrogens with zero attached hydrogens (tertiary/aromatic N) is 1. The summed E-state index contributed by atoms with van der Waals surface area (Å²) in [5, 5.41) is 9.54. The van der Waals surface area contributed by atoms with Gasteiger partial charge in [-0.3, -0.25) is 4.79 Å². The summed E-state index contributed by atoms with van der Waals surface area (Å²) in [4.78, 5) is 13.3. The molecular formula is C13H12FNO3. The van der Waals surface area contributed by atoms with E-state index in [9.17, 15) is 14.3 Å². The van der Waals surface area contributed by atoms with Crippen molar-refractivity contribution in [1.29, 1.82) is 0 Å². The fraction of sp³-hybridized carbons (Fsp3) is 0.154. The molecule has 0 aliphatic carbocycles. The van der Waals surface area contributed by atoms with Gasteiger partial charge in [0.25, 0.3) is 5.91 Å². The van der Waals surface area contributed by atoms with Gasteiger partial charge in [0.05, 0.1) is 18.4 Å². The van der Waals surface area contributed by atoms with Gasteiger partial charge in [0.15, 0.2) is 0 Å². The van der Waals surface area contributed by atoms with Gasteiger partial charge in [-0.05, 0) is 30.3 Å². The van der Waals surface area contributed by atoms with E-state index in [1.54, 1.807) is 19.2 Å². The van der Waals surface area contributed by atoms with Crippen LogP contribution in [-0.2, 0) is 6.54 Å². The number of carbonyl (C=O) groups is 1. The molecule has 1 heterocycles. The molecule has 0 unspecified atom stereocenters. The molecule has 0 saturated carbocycles. The minimum absolute atomic E-state index is 0.0657. The minimum atomic E-state index is -0.567. The summed E-state index contributed by atoms with van der Waals surface area (Å²) in [5.41, 5.74) is -0.0657. The molecule has 2 aromatic rings. The average Bonchev–Trinajstić information content (AvgIpc) is 2.84. The van der Waals surface area contributed by atoms with E-state index in [1.165, 1.54) is 11.2 Å². The zero-order chi connectivity index (χ0) is 13.1. The van der Waals surface area contributed by atoms with Crippen LogP contribution in [0, 0.1) is 5.82 Å². The summed E-state index contributed by atoms with van der Waals surface area (Å²) in [6.45, 7) is 0.252. The second kappa shape index (κ2) is 4.91. The number of hydrogen-bond donors (Lipinski definition) is 1. The molecule has 0 saturated heterocycles. The van der Waals surface area contributed by atoms with E-state index in [-0.39, 0.29) is 17.9 Å². The summed E-state index contributed by atoms with van der Waals surface area (Å²) in [7, 11) is 1.55. The van der Waals surface area contributed by atoms with Crippen LogP contribution >= 0.6 is 0 Å². The van der Waals surface area contributed by atoms with Crippen molar-refractivity contribution in [3.8, 4) is 5.75 Å². The first-order valence-corrected chi connectivity index (χ1v) is 5.34. The first-order valence-electron chi connectivity index (χ1n) is 5.34. The van der Waals surface area contributed by atoms with Gasteiger partial charge in [-0.1, -0.05) is 0 Å². The summed E-state index contributed by atoms with van der Waals surface area (Å²) in [6.07, 6.45) is 1.51. The molecule has 1 amide bonds. The molecule has 0 spiro atoms. The van der Waals surface area contributed by atoms with Crippen LogP contribution in [0.15, 0.2) is 41.0 Å². The monoisotopic (exact) mass is 249 g/mol. The van der Waals surface area contributed by atoms with E-state index < -0.39 is 11.7 Å². The largest absolute Gasteiger partial charge is 0.507 e. The zero-order valence-corrected chi connectivity index (χ0v) is 9.76. The summed E-state index contributed by atoms with van der Waals surface area (Å²) in [6, 6.07) is 6.71. The van der Waals surface area contributed by atoms with Crippen LogP contribution in [0.4, 0.5) is 4.39 Å². The Kier molecular flexibility index (Phi) is 3.32. The van der Waals surface area contributed by atoms with Gasteiger partial charge in [-0.2, -0.15) is 0 Å². The normalized spacial score (nSPS) is 10.3. The molecule has 0 bridgehead atoms. The lowest BCUT2D eigenvalue weighted by atomic mass is 10.1. The van der Waals surface area contributed by atoms with Crippen LogP contribution in [0.1, 0.15) is 16.1 Å². The number of carbonyl (C=O) groups excluding carboxylic acids is 1. The Morgan fingerprint density at radius 2 is 2.22 bits per heavy atom. The predicted molar refractivity (Wildman–Crippen MR) is 62.6 cm³/mol. The molecule has 1 aromatic heterocycles. The molecule has 1 N–H and O–H groups in total. The molecule has 1 aromatic carbocycles. The number of aromatic hydroxyl groups is 1. The van der Waals surface area contributed by atoms with Crippen molar-refractivity contribution in [2.75, 3.05) is 7.05 Å². The summed E-state index contributed by atoms with van der Waals surface area (Å²) >= 11 is 0. The van der Waals surface area contributed by atoms with Crippen molar-refractivity contribution < 1.29 is 18.7 Å². The number of phenols is 1. The average molecular weight is 249 g/mol. The first-order chi connectivity index (χ1) is 8.58. The molecule has 0 atom stereocenters. The van der Waals surface area contributed by atoms with Gasteiger partial charge in [-0.25, -0.2) is 4.39 Å². The molecule has 94 valence electrons. The Morgan fingerprint density at radius 3 is 2.89 bits per heavy atom. The van der Waals surface area contributed by atoms with Crippen molar-refractivity contribution >= 4 is 5.91 Å². The maximum atomic E-state index is 13.0. The molecule has 0 aliphatic rings. The number of amides is 1. The highest BCUT2D eigenvalue weighted by molar-refractivity contribution is 5.96. The third kappa shape index (κ3) is 2.51. The van der Waals surface area contributed by atoms with E-state index in [0.717, 1.165) is 18.2 Å². The fourth-order valence-electron chi connectivity index (χ4n) is 1.59. The first kappa shape index (κ1) is 12.2. The third-order valence-corrected chi connectivity index (χ3v) is 2.51. The predicted octanol–water partition coefficient (Wildman–Crippen LogP) is 2.40. The molecule has 0 fully saturated rings. The number of furan rings is 1. The molecule has 5 heteroatoms. The number of hydrogen-bond acceptors (Lipinski definition) is 3. The Balaban J connectivity index is 2.17. The summed E-state index contributed by atoms with van der Waals surface area (Å²) < 4.78 is 18.2. The van der Waals surface area contributed by atoms with Gasteiger partial charge in [0, 0.05) is 7.05 Å². The second-order valence-corrected chi connectivity index (χ2v) is 3.90. The number of rotatable bonds is 3. The highest BCUT2D eigenvalue weighted by atomic mass is 19.1. The molecule has 18 heavy (non-hydrogen) atoms. The Labute approximate surface area is 103 Å². The molecule has 0 aliphatic heterocycles. The van der Waals surface area contributed by atoms with Crippen LogP contribution < -0.4 is 0 Å². The summed E-state index contributed by atoms with van der Waals surface area (Å²) in [5.74, 6) is -0.666. The fourth-order valence-corrected chi connectivity index (χ4v) is 1.59. The van der Waals surface area contributed by atoms with Gasteiger partial charge in [0.1, 0.15) is 17.3 Å². The maximum absolute atomic E-state index is 13.0. The Hall–Kier alpha value is -2.30. The van der Waals surface area contributed by atoms with Crippen molar-refractivity contribution in [3.63, 3.8) is 0 Å². The highest BCUT2D eigenvalue weighted by Gasteiger charge is 2.17. The number of phenolic OH excluding ortho intramolecular Hbond substituents is 1. The Bertz CT molecular complexity index is 551. The van der Waals surface area contributed by atoms with Gasteiger partial charge in [-0.15, -0.1) is 0 Å². The SMILES string of the molecule is CN(Cc1ccco1)C(=O)c1cc(F)ccc1O. The second-order valence-electron chi connectivity index (χ2n) is 3.90. The van der Waals surface area contributed by atoms with Crippen LogP contribution in [0.5, 0.6) is 5.75 Å². The lowest BCUT2D eigenvalue weighted by molar-refractivity contribution is 0.0772. The third-order valence-electron chi connectivity index (χ3n) is 2.51. The van der Waals surface area contributed by atoms with Gasteiger partial charge < -0.3 is 14.4 Å². The lowest BCUT2D eigenvalue weighted by Crippen LogP contribution is -2.26. The van der Waals surface area contributed by atoms with E-state index in [0.29, 0.717) is 5.76 Å². The number of benzene rings is 1. The topological polar surface area (TPSA) is 53.7 Å². The standard InChI is InChI=1S/C13H12FNO3/c1-15(8-10-3-2-6-18-10)13(17)11-7-9(14)4-5-12(11)16/h2-7,16H,8H2,1H3. The van der Waals surface area contributed by atoms with Crippen LogP contribution in [-0.4, -0.2) is 23.0 Å². The minimum Gasteiger partial charge on any atom is -0.507 e. The lowest BCUT2D eigenvalue weighted by Gasteiger charge is -2.16. The van der Waals surface area contributed by atoms with E-state index in [4.69, 9.17) is 4.42 Å². The van der Waals surface area contributed by atoms with E-state index >= 15 is 0 Å². The van der Waals surface area contributed by atoms with Crippen molar-refractivity contribution in [2.45, 2.75) is 6.54 Å². The van der Waals surface area contributed by atoms with Crippen LogP contribution in [0.25, 0.3) is 0 Å². The van der Waals surface area contributed by atoms with Crippen LogP contribution in [0.2, 0.25) is 0 Å².